The molecular formula is C34H32N4O4. The third-order valence-corrected chi connectivity index (χ3v) is 6.73. The molecule has 8 nitrogen and oxygen atoms in total. The number of carbonyl (C=O) groups is 1. The van der Waals surface area contributed by atoms with Gasteiger partial charge in [-0.1, -0.05) is 30.3 Å². The molecule has 2 aromatic heterocycles. The summed E-state index contributed by atoms with van der Waals surface area (Å²) >= 11 is 0. The number of hydrogen-bond donors (Lipinski definition) is 0. The summed E-state index contributed by atoms with van der Waals surface area (Å²) in [5, 5.41) is 5.85. The van der Waals surface area contributed by atoms with E-state index in [1.54, 1.807) is 25.4 Å². The Bertz CT molecular complexity index is 1740. The second kappa shape index (κ2) is 13.0. The SMILES string of the molecule is [C-]#[N+]c1cc(OCc2cccnc2)cc(-c2ccc3c(c2)c(COc2ccccc2CC(=O)OCC)nn3C(C)C)c1. The first-order chi connectivity index (χ1) is 20.4. The Balaban J connectivity index is 1.45. The summed E-state index contributed by atoms with van der Waals surface area (Å²) in [6.45, 7) is 14.5. The van der Waals surface area contributed by atoms with Crippen LogP contribution >= 0.6 is 0 Å². The normalized spacial score (nSPS) is 10.9. The maximum atomic E-state index is 12.1. The van der Waals surface area contributed by atoms with E-state index in [0.29, 0.717) is 30.4 Å². The summed E-state index contributed by atoms with van der Waals surface area (Å²) in [7, 11) is 0. The lowest BCUT2D eigenvalue weighted by molar-refractivity contribution is -0.142. The van der Waals surface area contributed by atoms with Gasteiger partial charge in [-0.15, -0.1) is 0 Å². The Labute approximate surface area is 245 Å². The molecule has 0 spiro atoms. The van der Waals surface area contributed by atoms with Gasteiger partial charge in [-0.3, -0.25) is 14.5 Å². The van der Waals surface area contributed by atoms with E-state index in [1.807, 2.05) is 59.3 Å². The molecule has 0 fully saturated rings. The Morgan fingerprint density at radius 1 is 0.976 bits per heavy atom. The Hall–Kier alpha value is -5.16. The number of rotatable bonds is 11. The summed E-state index contributed by atoms with van der Waals surface area (Å²) < 4.78 is 19.4. The Kier molecular flexibility index (Phi) is 8.78. The zero-order valence-electron chi connectivity index (χ0n) is 23.9. The molecule has 5 aromatic rings. The van der Waals surface area contributed by atoms with Crippen LogP contribution in [0.3, 0.4) is 0 Å². The molecule has 5 rings (SSSR count). The topological polar surface area (TPSA) is 79.8 Å². The third kappa shape index (κ3) is 6.58. The molecule has 0 amide bonds. The molecule has 0 saturated heterocycles. The molecule has 8 heteroatoms. The van der Waals surface area contributed by atoms with E-state index in [4.69, 9.17) is 25.9 Å². The van der Waals surface area contributed by atoms with Gasteiger partial charge in [-0.2, -0.15) is 5.10 Å². The number of carbonyl (C=O) groups excluding carboxylic acids is 1. The smallest absolute Gasteiger partial charge is 0.310 e. The second-order valence-electron chi connectivity index (χ2n) is 10.1. The molecule has 0 aliphatic carbocycles. The molecular weight excluding hydrogens is 528 g/mol. The van der Waals surface area contributed by atoms with Crippen LogP contribution < -0.4 is 9.47 Å². The van der Waals surface area contributed by atoms with Crippen LogP contribution in [0.15, 0.2) is 85.2 Å². The Morgan fingerprint density at radius 3 is 2.60 bits per heavy atom. The number of benzene rings is 3. The van der Waals surface area contributed by atoms with Crippen molar-refractivity contribution in [1.82, 2.24) is 14.8 Å². The van der Waals surface area contributed by atoms with Crippen LogP contribution in [0.1, 0.15) is 43.6 Å². The summed E-state index contributed by atoms with van der Waals surface area (Å²) in [6.07, 6.45) is 3.62. The first-order valence-electron chi connectivity index (χ1n) is 13.9. The minimum atomic E-state index is -0.293. The molecule has 0 aliphatic rings. The van der Waals surface area contributed by atoms with Crippen molar-refractivity contribution in [1.29, 1.82) is 0 Å². The van der Waals surface area contributed by atoms with Crippen LogP contribution in [-0.2, 0) is 29.2 Å². The fraction of sp³-hybridized carbons (Fsp3) is 0.235. The molecule has 2 heterocycles. The minimum Gasteiger partial charge on any atom is -0.490 e. The number of fused-ring (bicyclic) bond motifs is 1. The van der Waals surface area contributed by atoms with Gasteiger partial charge in [0.1, 0.15) is 30.4 Å². The van der Waals surface area contributed by atoms with Gasteiger partial charge < -0.3 is 14.2 Å². The van der Waals surface area contributed by atoms with Gasteiger partial charge in [-0.25, -0.2) is 4.85 Å². The van der Waals surface area contributed by atoms with Crippen molar-refractivity contribution in [2.75, 3.05) is 6.61 Å². The predicted molar refractivity (Wildman–Crippen MR) is 161 cm³/mol. The van der Waals surface area contributed by atoms with Crippen LogP contribution in [0.4, 0.5) is 5.69 Å². The number of hydrogen-bond acceptors (Lipinski definition) is 6. The van der Waals surface area contributed by atoms with Crippen molar-refractivity contribution in [3.63, 3.8) is 0 Å². The monoisotopic (exact) mass is 560 g/mol. The van der Waals surface area contributed by atoms with Crippen LogP contribution in [0.25, 0.3) is 26.9 Å². The highest BCUT2D eigenvalue weighted by atomic mass is 16.5. The molecule has 0 unspecified atom stereocenters. The first kappa shape index (κ1) is 28.4. The number of pyridine rings is 1. The van der Waals surface area contributed by atoms with Crippen LogP contribution in [0.5, 0.6) is 11.5 Å². The molecule has 0 bridgehead atoms. The van der Waals surface area contributed by atoms with Crippen molar-refractivity contribution < 1.29 is 19.0 Å². The summed E-state index contributed by atoms with van der Waals surface area (Å²) in [6, 6.07) is 23.2. The fourth-order valence-electron chi connectivity index (χ4n) is 4.74. The number of aromatic nitrogens is 3. The summed E-state index contributed by atoms with van der Waals surface area (Å²) in [4.78, 5) is 19.9. The number of nitrogens with zero attached hydrogens (tertiary/aromatic N) is 4. The van der Waals surface area contributed by atoms with Crippen LogP contribution in [0.2, 0.25) is 0 Å². The van der Waals surface area contributed by atoms with Crippen molar-refractivity contribution in [2.24, 2.45) is 0 Å². The van der Waals surface area contributed by atoms with Crippen LogP contribution in [0, 0.1) is 6.57 Å². The third-order valence-electron chi connectivity index (χ3n) is 6.73. The lowest BCUT2D eigenvalue weighted by Gasteiger charge is -2.11. The molecule has 3 aromatic carbocycles. The Morgan fingerprint density at radius 2 is 1.83 bits per heavy atom. The van der Waals surface area contributed by atoms with Gasteiger partial charge in [0.2, 0.25) is 0 Å². The molecule has 0 aliphatic heterocycles. The van der Waals surface area contributed by atoms with E-state index in [2.05, 4.69) is 35.8 Å². The second-order valence-corrected chi connectivity index (χ2v) is 10.1. The molecule has 212 valence electrons. The lowest BCUT2D eigenvalue weighted by atomic mass is 10.0. The van der Waals surface area contributed by atoms with E-state index < -0.39 is 0 Å². The van der Waals surface area contributed by atoms with E-state index >= 15 is 0 Å². The van der Waals surface area contributed by atoms with Gasteiger partial charge in [0.05, 0.1) is 25.1 Å². The highest BCUT2D eigenvalue weighted by Crippen LogP contribution is 2.34. The number of ether oxygens (including phenoxy) is 3. The number of esters is 1. The zero-order valence-corrected chi connectivity index (χ0v) is 23.9. The van der Waals surface area contributed by atoms with Crippen LogP contribution in [-0.4, -0.2) is 27.3 Å². The quantitative estimate of drug-likeness (QED) is 0.123. The van der Waals surface area contributed by atoms with Crippen molar-refractivity contribution in [3.8, 4) is 22.6 Å². The van der Waals surface area contributed by atoms with Crippen molar-refractivity contribution >= 4 is 22.6 Å². The van der Waals surface area contributed by atoms with Gasteiger partial charge in [0, 0.05) is 34.9 Å². The average Bonchev–Trinajstić information content (AvgIpc) is 3.38. The van der Waals surface area contributed by atoms with Gasteiger partial charge in [0.25, 0.3) is 0 Å². The van der Waals surface area contributed by atoms with E-state index in [0.717, 1.165) is 38.9 Å². The highest BCUT2D eigenvalue weighted by molar-refractivity contribution is 5.88. The standard InChI is InChI=1S/C34H32N4O4/c1-5-40-34(39)18-26-10-6-7-11-33(26)42-22-31-30-17-25(12-13-32(30)38(37-31)23(2)3)27-15-28(35-4)19-29(16-27)41-21-24-9-8-14-36-20-24/h6-17,19-20,23H,5,18,21-22H2,1-3H3. The van der Waals surface area contributed by atoms with Crippen molar-refractivity contribution in [2.45, 2.75) is 46.4 Å². The molecule has 0 atom stereocenters. The van der Waals surface area contributed by atoms with Crippen molar-refractivity contribution in [3.05, 3.63) is 113 Å². The minimum absolute atomic E-state index is 0.137. The molecule has 0 N–H and O–H groups in total. The predicted octanol–water partition coefficient (Wildman–Crippen LogP) is 7.49. The van der Waals surface area contributed by atoms with E-state index in [1.165, 1.54) is 0 Å². The highest BCUT2D eigenvalue weighted by Gasteiger charge is 2.17. The summed E-state index contributed by atoms with van der Waals surface area (Å²) in [5.41, 5.74) is 5.78. The van der Waals surface area contributed by atoms with E-state index in [-0.39, 0.29) is 25.0 Å². The number of para-hydroxylation sites is 1. The largest absolute Gasteiger partial charge is 0.490 e. The van der Waals surface area contributed by atoms with Gasteiger partial charge in [-0.05, 0) is 74.4 Å². The fourth-order valence-corrected chi connectivity index (χ4v) is 4.74. The van der Waals surface area contributed by atoms with Gasteiger partial charge in [0.15, 0.2) is 5.69 Å². The van der Waals surface area contributed by atoms with Gasteiger partial charge >= 0.3 is 5.97 Å². The van der Waals surface area contributed by atoms with E-state index in [9.17, 15) is 4.79 Å². The maximum Gasteiger partial charge on any atom is 0.310 e. The summed E-state index contributed by atoms with van der Waals surface area (Å²) in [5.74, 6) is 0.939. The maximum absolute atomic E-state index is 12.1. The molecule has 0 saturated carbocycles. The zero-order chi connectivity index (χ0) is 29.5. The molecule has 0 radical (unpaired) electrons. The first-order valence-corrected chi connectivity index (χ1v) is 13.9. The lowest BCUT2D eigenvalue weighted by Crippen LogP contribution is -2.09. The average molecular weight is 561 g/mol. The molecule has 42 heavy (non-hydrogen) atoms.